The highest BCUT2D eigenvalue weighted by Crippen LogP contribution is 2.21. The maximum Gasteiger partial charge on any atom is 0.166 e. The number of rotatable bonds is 6. The summed E-state index contributed by atoms with van der Waals surface area (Å²) in [5.74, 6) is 0.473. The summed E-state index contributed by atoms with van der Waals surface area (Å²) in [6, 6.07) is 13.7. The zero-order valence-electron chi connectivity index (χ0n) is 11.2. The van der Waals surface area contributed by atoms with E-state index in [1.807, 2.05) is 0 Å². The molecule has 0 radical (unpaired) electrons. The van der Waals surface area contributed by atoms with Gasteiger partial charge in [-0.3, -0.25) is 0 Å². The third kappa shape index (κ3) is 4.76. The number of nitrogens with zero attached hydrogens (tertiary/aromatic N) is 1. The second kappa shape index (κ2) is 7.65. The molecule has 0 aliphatic heterocycles. The molecule has 108 valence electrons. The number of hydrogen-bond acceptors (Lipinski definition) is 3. The molecule has 0 saturated heterocycles. The van der Waals surface area contributed by atoms with E-state index in [2.05, 4.69) is 22.0 Å². The molecule has 0 N–H and O–H groups in total. The van der Waals surface area contributed by atoms with Crippen molar-refractivity contribution in [3.8, 4) is 17.6 Å². The van der Waals surface area contributed by atoms with E-state index >= 15 is 0 Å². The van der Waals surface area contributed by atoms with Gasteiger partial charge in [0.05, 0.1) is 24.8 Å². The molecule has 0 amide bonds. The fourth-order valence-corrected chi connectivity index (χ4v) is 2.01. The van der Waals surface area contributed by atoms with Crippen molar-refractivity contribution in [1.29, 1.82) is 5.26 Å². The zero-order chi connectivity index (χ0) is 15.1. The Morgan fingerprint density at radius 1 is 1.10 bits per heavy atom. The summed E-state index contributed by atoms with van der Waals surface area (Å²) in [4.78, 5) is 0. The van der Waals surface area contributed by atoms with Crippen LogP contribution in [0.4, 0.5) is 4.39 Å². The number of halogens is 2. The summed E-state index contributed by atoms with van der Waals surface area (Å²) in [7, 11) is 0. The van der Waals surface area contributed by atoms with E-state index in [1.54, 1.807) is 36.4 Å². The molecule has 0 aromatic heterocycles. The first-order valence-electron chi connectivity index (χ1n) is 6.40. The van der Waals surface area contributed by atoms with Crippen LogP contribution in [0.25, 0.3) is 0 Å². The molecule has 21 heavy (non-hydrogen) atoms. The Bertz CT molecular complexity index is 655. The van der Waals surface area contributed by atoms with Crippen LogP contribution in [-0.2, 0) is 0 Å². The molecule has 0 heterocycles. The third-order valence-electron chi connectivity index (χ3n) is 2.67. The molecule has 0 aliphatic carbocycles. The summed E-state index contributed by atoms with van der Waals surface area (Å²) < 4.78 is 25.0. The van der Waals surface area contributed by atoms with Gasteiger partial charge in [-0.1, -0.05) is 22.0 Å². The van der Waals surface area contributed by atoms with Crippen molar-refractivity contribution in [2.75, 3.05) is 13.2 Å². The monoisotopic (exact) mass is 349 g/mol. The lowest BCUT2D eigenvalue weighted by Gasteiger charge is -2.09. The van der Waals surface area contributed by atoms with E-state index in [1.165, 1.54) is 6.07 Å². The molecule has 0 spiro atoms. The van der Waals surface area contributed by atoms with E-state index in [0.29, 0.717) is 35.4 Å². The predicted octanol–water partition coefficient (Wildman–Crippen LogP) is 4.31. The molecule has 0 aliphatic rings. The average Bonchev–Trinajstić information content (AvgIpc) is 2.49. The molecule has 5 heteroatoms. The first kappa shape index (κ1) is 15.3. The highest BCUT2D eigenvalue weighted by Gasteiger charge is 2.03. The second-order valence-electron chi connectivity index (χ2n) is 4.26. The van der Waals surface area contributed by atoms with E-state index in [4.69, 9.17) is 14.7 Å². The number of ether oxygens (including phenoxy) is 2. The Morgan fingerprint density at radius 2 is 1.90 bits per heavy atom. The van der Waals surface area contributed by atoms with Gasteiger partial charge in [0.25, 0.3) is 0 Å². The zero-order valence-corrected chi connectivity index (χ0v) is 12.8. The van der Waals surface area contributed by atoms with E-state index in [9.17, 15) is 4.39 Å². The Kier molecular flexibility index (Phi) is 5.59. The largest absolute Gasteiger partial charge is 0.493 e. The lowest BCUT2D eigenvalue weighted by Crippen LogP contribution is -2.05. The van der Waals surface area contributed by atoms with Gasteiger partial charge in [0.15, 0.2) is 11.6 Å². The Balaban J connectivity index is 1.74. The lowest BCUT2D eigenvalue weighted by atomic mass is 10.2. The summed E-state index contributed by atoms with van der Waals surface area (Å²) >= 11 is 3.19. The number of nitriles is 1. The fraction of sp³-hybridized carbons (Fsp3) is 0.188. The molecule has 2 aromatic carbocycles. The summed E-state index contributed by atoms with van der Waals surface area (Å²) in [5, 5.41) is 8.78. The topological polar surface area (TPSA) is 42.2 Å². The van der Waals surface area contributed by atoms with Crippen molar-refractivity contribution < 1.29 is 13.9 Å². The molecule has 0 saturated carbocycles. The highest BCUT2D eigenvalue weighted by atomic mass is 79.9. The van der Waals surface area contributed by atoms with Gasteiger partial charge in [-0.2, -0.15) is 5.26 Å². The van der Waals surface area contributed by atoms with E-state index < -0.39 is 5.82 Å². The van der Waals surface area contributed by atoms with Gasteiger partial charge < -0.3 is 9.47 Å². The standard InChI is InChI=1S/C16H13BrFNO2/c17-13-5-6-16(15(18)10-13)21-8-2-7-20-14-4-1-3-12(9-14)11-19/h1,3-6,9-10H,2,7-8H2. The SMILES string of the molecule is N#Cc1cccc(OCCCOc2ccc(Br)cc2F)c1. The van der Waals surface area contributed by atoms with Crippen molar-refractivity contribution in [3.63, 3.8) is 0 Å². The average molecular weight is 350 g/mol. The fourth-order valence-electron chi connectivity index (χ4n) is 1.68. The highest BCUT2D eigenvalue weighted by molar-refractivity contribution is 9.10. The molecule has 0 fully saturated rings. The van der Waals surface area contributed by atoms with Crippen LogP contribution in [0, 0.1) is 17.1 Å². The Morgan fingerprint density at radius 3 is 2.67 bits per heavy atom. The van der Waals surface area contributed by atoms with Crippen molar-refractivity contribution in [3.05, 3.63) is 58.3 Å². The lowest BCUT2D eigenvalue weighted by molar-refractivity contribution is 0.241. The third-order valence-corrected chi connectivity index (χ3v) is 3.17. The van der Waals surface area contributed by atoms with Gasteiger partial charge in [-0.15, -0.1) is 0 Å². The second-order valence-corrected chi connectivity index (χ2v) is 5.18. The maximum atomic E-state index is 13.5. The van der Waals surface area contributed by atoms with Gasteiger partial charge in [0.1, 0.15) is 5.75 Å². The molecule has 0 atom stereocenters. The van der Waals surface area contributed by atoms with E-state index in [0.717, 1.165) is 0 Å². The Labute approximate surface area is 131 Å². The van der Waals surface area contributed by atoms with Crippen molar-refractivity contribution in [1.82, 2.24) is 0 Å². The molecule has 2 aromatic rings. The number of benzene rings is 2. The van der Waals surface area contributed by atoms with Gasteiger partial charge in [-0.25, -0.2) is 4.39 Å². The summed E-state index contributed by atoms with van der Waals surface area (Å²) in [6.07, 6.45) is 0.617. The van der Waals surface area contributed by atoms with Crippen molar-refractivity contribution >= 4 is 15.9 Å². The molecular formula is C16H13BrFNO2. The summed E-state index contributed by atoms with van der Waals surface area (Å²) in [6.45, 7) is 0.795. The van der Waals surface area contributed by atoms with Crippen LogP contribution in [-0.4, -0.2) is 13.2 Å². The Hall–Kier alpha value is -2.06. The van der Waals surface area contributed by atoms with Gasteiger partial charge in [0.2, 0.25) is 0 Å². The van der Waals surface area contributed by atoms with Crippen LogP contribution in [0.1, 0.15) is 12.0 Å². The van der Waals surface area contributed by atoms with Crippen LogP contribution < -0.4 is 9.47 Å². The number of hydrogen-bond donors (Lipinski definition) is 0. The van der Waals surface area contributed by atoms with Crippen LogP contribution in [0.5, 0.6) is 11.5 Å². The van der Waals surface area contributed by atoms with Gasteiger partial charge >= 0.3 is 0 Å². The smallest absolute Gasteiger partial charge is 0.166 e. The first-order valence-corrected chi connectivity index (χ1v) is 7.19. The maximum absolute atomic E-state index is 13.5. The van der Waals surface area contributed by atoms with Crippen LogP contribution in [0.3, 0.4) is 0 Å². The molecule has 0 bridgehead atoms. The van der Waals surface area contributed by atoms with Crippen molar-refractivity contribution in [2.45, 2.75) is 6.42 Å². The van der Waals surface area contributed by atoms with E-state index in [-0.39, 0.29) is 5.75 Å². The molecular weight excluding hydrogens is 337 g/mol. The minimum Gasteiger partial charge on any atom is -0.493 e. The molecule has 3 nitrogen and oxygen atoms in total. The summed E-state index contributed by atoms with van der Waals surface area (Å²) in [5.41, 5.74) is 0.556. The predicted molar refractivity (Wildman–Crippen MR) is 80.9 cm³/mol. The first-order chi connectivity index (χ1) is 10.2. The normalized spacial score (nSPS) is 9.95. The minimum absolute atomic E-state index is 0.227. The molecule has 0 unspecified atom stereocenters. The van der Waals surface area contributed by atoms with Gasteiger partial charge in [0, 0.05) is 10.9 Å². The molecule has 2 rings (SSSR count). The van der Waals surface area contributed by atoms with Crippen LogP contribution >= 0.6 is 15.9 Å². The van der Waals surface area contributed by atoms with Crippen LogP contribution in [0.2, 0.25) is 0 Å². The van der Waals surface area contributed by atoms with Crippen LogP contribution in [0.15, 0.2) is 46.9 Å². The minimum atomic E-state index is -0.396. The van der Waals surface area contributed by atoms with Gasteiger partial charge in [-0.05, 0) is 36.4 Å². The quantitative estimate of drug-likeness (QED) is 0.729. The van der Waals surface area contributed by atoms with Crippen molar-refractivity contribution in [2.24, 2.45) is 0 Å².